The number of hydrogen-bond donors (Lipinski definition) is 2. The van der Waals surface area contributed by atoms with Gasteiger partial charge in [0.2, 0.25) is 0 Å². The van der Waals surface area contributed by atoms with Crippen LogP contribution < -0.4 is 15.4 Å². The van der Waals surface area contributed by atoms with E-state index in [2.05, 4.69) is 23.6 Å². The van der Waals surface area contributed by atoms with Crippen LogP contribution in [-0.2, 0) is 0 Å². The quantitative estimate of drug-likeness (QED) is 0.780. The van der Waals surface area contributed by atoms with E-state index in [1.54, 1.807) is 7.11 Å². The Bertz CT molecular complexity index is 338. The van der Waals surface area contributed by atoms with E-state index in [1.165, 1.54) is 6.42 Å². The number of fused-ring (bicyclic) bond motifs is 1. The molecular formula is C12H18N2O. The average Bonchev–Trinajstić information content (AvgIpc) is 2.50. The van der Waals surface area contributed by atoms with Gasteiger partial charge in [-0.15, -0.1) is 0 Å². The lowest BCUT2D eigenvalue weighted by atomic mass is 10.1. The maximum Gasteiger partial charge on any atom is 0.144 e. The minimum atomic E-state index is 0.683. The molecule has 0 aromatic heterocycles. The van der Waals surface area contributed by atoms with Crippen molar-refractivity contribution in [1.82, 2.24) is 0 Å². The molecule has 15 heavy (non-hydrogen) atoms. The summed E-state index contributed by atoms with van der Waals surface area (Å²) < 4.78 is 5.33. The molecule has 3 heteroatoms. The van der Waals surface area contributed by atoms with Crippen LogP contribution in [0.3, 0.4) is 0 Å². The van der Waals surface area contributed by atoms with E-state index in [0.29, 0.717) is 5.92 Å². The van der Waals surface area contributed by atoms with Crippen molar-refractivity contribution in [3.05, 3.63) is 18.2 Å². The maximum atomic E-state index is 5.33. The molecule has 1 aromatic rings. The van der Waals surface area contributed by atoms with Crippen LogP contribution >= 0.6 is 0 Å². The molecule has 82 valence electrons. The Morgan fingerprint density at radius 1 is 1.33 bits per heavy atom. The second-order valence-corrected chi connectivity index (χ2v) is 3.92. The number of rotatable bonds is 2. The Balaban J connectivity index is 2.26. The average molecular weight is 206 g/mol. The summed E-state index contributed by atoms with van der Waals surface area (Å²) in [6.45, 7) is 4.27. The van der Waals surface area contributed by atoms with E-state index in [9.17, 15) is 0 Å². The molecule has 0 fully saturated rings. The molecular weight excluding hydrogens is 188 g/mol. The van der Waals surface area contributed by atoms with Gasteiger partial charge < -0.3 is 15.4 Å². The van der Waals surface area contributed by atoms with Crippen molar-refractivity contribution < 1.29 is 4.74 Å². The lowest BCUT2D eigenvalue weighted by Crippen LogP contribution is -2.17. The number of para-hydroxylation sites is 1. The zero-order chi connectivity index (χ0) is 10.7. The number of ether oxygens (including phenoxy) is 1. The largest absolute Gasteiger partial charge is 0.495 e. The summed E-state index contributed by atoms with van der Waals surface area (Å²) in [6, 6.07) is 6.08. The summed E-state index contributed by atoms with van der Waals surface area (Å²) in [6.07, 6.45) is 1.19. The van der Waals surface area contributed by atoms with Crippen molar-refractivity contribution in [1.29, 1.82) is 0 Å². The van der Waals surface area contributed by atoms with Crippen LogP contribution in [0.4, 0.5) is 11.4 Å². The topological polar surface area (TPSA) is 33.3 Å². The number of hydrogen-bond acceptors (Lipinski definition) is 3. The molecule has 1 aromatic carbocycles. The van der Waals surface area contributed by atoms with Gasteiger partial charge in [0.15, 0.2) is 0 Å². The van der Waals surface area contributed by atoms with Crippen LogP contribution in [0.15, 0.2) is 18.2 Å². The number of nitrogens with one attached hydrogen (secondary N) is 2. The zero-order valence-electron chi connectivity index (χ0n) is 9.34. The molecule has 0 saturated carbocycles. The molecule has 0 bridgehead atoms. The molecule has 0 saturated heterocycles. The number of anilines is 2. The second kappa shape index (κ2) is 4.43. The van der Waals surface area contributed by atoms with Gasteiger partial charge in [-0.05, 0) is 24.5 Å². The van der Waals surface area contributed by atoms with Crippen LogP contribution in [0.1, 0.15) is 13.3 Å². The highest BCUT2D eigenvalue weighted by atomic mass is 16.5. The number of benzene rings is 1. The zero-order valence-corrected chi connectivity index (χ0v) is 9.34. The van der Waals surface area contributed by atoms with Gasteiger partial charge in [0.25, 0.3) is 0 Å². The molecule has 2 rings (SSSR count). The molecule has 0 aliphatic carbocycles. The molecule has 1 heterocycles. The predicted molar refractivity (Wildman–Crippen MR) is 63.8 cm³/mol. The van der Waals surface area contributed by atoms with E-state index in [0.717, 1.165) is 30.2 Å². The van der Waals surface area contributed by atoms with Crippen molar-refractivity contribution in [2.24, 2.45) is 5.92 Å². The van der Waals surface area contributed by atoms with Crippen molar-refractivity contribution in [2.75, 3.05) is 30.8 Å². The molecule has 0 spiro atoms. The van der Waals surface area contributed by atoms with Crippen LogP contribution in [0, 0.1) is 5.92 Å². The van der Waals surface area contributed by atoms with Crippen LogP contribution in [0.25, 0.3) is 0 Å². The highest BCUT2D eigenvalue weighted by molar-refractivity contribution is 5.76. The molecule has 0 amide bonds. The van der Waals surface area contributed by atoms with Crippen LogP contribution in [-0.4, -0.2) is 20.2 Å². The highest BCUT2D eigenvalue weighted by Gasteiger charge is 2.16. The molecule has 1 atom stereocenters. The third-order valence-corrected chi connectivity index (χ3v) is 2.97. The van der Waals surface area contributed by atoms with E-state index < -0.39 is 0 Å². The SMILES string of the molecule is CCC1CNc2cccc(OC)c2NC1. The first-order valence-corrected chi connectivity index (χ1v) is 5.50. The first-order valence-electron chi connectivity index (χ1n) is 5.50. The first kappa shape index (κ1) is 10.1. The molecule has 2 N–H and O–H groups in total. The summed E-state index contributed by atoms with van der Waals surface area (Å²) in [5.41, 5.74) is 2.24. The standard InChI is InChI=1S/C12H18N2O/c1-3-9-7-13-10-5-4-6-11(15-2)12(10)14-8-9/h4-6,9,13-14H,3,7-8H2,1-2H3. The third kappa shape index (κ3) is 2.01. The van der Waals surface area contributed by atoms with Gasteiger partial charge >= 0.3 is 0 Å². The monoisotopic (exact) mass is 206 g/mol. The van der Waals surface area contributed by atoms with Crippen molar-refractivity contribution in [2.45, 2.75) is 13.3 Å². The molecule has 1 aliphatic heterocycles. The van der Waals surface area contributed by atoms with Gasteiger partial charge in [-0.1, -0.05) is 13.0 Å². The Labute approximate surface area is 90.8 Å². The molecule has 0 radical (unpaired) electrons. The van der Waals surface area contributed by atoms with Gasteiger partial charge in [-0.3, -0.25) is 0 Å². The van der Waals surface area contributed by atoms with Gasteiger partial charge in [0, 0.05) is 13.1 Å². The summed E-state index contributed by atoms with van der Waals surface area (Å²) in [4.78, 5) is 0. The Morgan fingerprint density at radius 3 is 2.87 bits per heavy atom. The molecule has 1 aliphatic rings. The second-order valence-electron chi connectivity index (χ2n) is 3.92. The Hall–Kier alpha value is -1.38. The fourth-order valence-electron chi connectivity index (χ4n) is 1.89. The fourth-order valence-corrected chi connectivity index (χ4v) is 1.89. The smallest absolute Gasteiger partial charge is 0.144 e. The summed E-state index contributed by atoms with van der Waals surface area (Å²) in [7, 11) is 1.71. The summed E-state index contributed by atoms with van der Waals surface area (Å²) in [5, 5.41) is 6.92. The minimum Gasteiger partial charge on any atom is -0.495 e. The lowest BCUT2D eigenvalue weighted by Gasteiger charge is -2.12. The highest BCUT2D eigenvalue weighted by Crippen LogP contribution is 2.34. The van der Waals surface area contributed by atoms with Gasteiger partial charge in [-0.2, -0.15) is 0 Å². The van der Waals surface area contributed by atoms with Crippen molar-refractivity contribution >= 4 is 11.4 Å². The minimum absolute atomic E-state index is 0.683. The third-order valence-electron chi connectivity index (χ3n) is 2.97. The first-order chi connectivity index (χ1) is 7.35. The van der Waals surface area contributed by atoms with Crippen molar-refractivity contribution in [3.63, 3.8) is 0 Å². The van der Waals surface area contributed by atoms with E-state index >= 15 is 0 Å². The van der Waals surface area contributed by atoms with Crippen LogP contribution in [0.2, 0.25) is 0 Å². The summed E-state index contributed by atoms with van der Waals surface area (Å²) >= 11 is 0. The van der Waals surface area contributed by atoms with E-state index in [4.69, 9.17) is 4.74 Å². The molecule has 3 nitrogen and oxygen atoms in total. The number of methoxy groups -OCH3 is 1. The van der Waals surface area contributed by atoms with Gasteiger partial charge in [0.1, 0.15) is 11.4 Å². The van der Waals surface area contributed by atoms with E-state index in [1.807, 2.05) is 12.1 Å². The lowest BCUT2D eigenvalue weighted by molar-refractivity contribution is 0.416. The maximum absolute atomic E-state index is 5.33. The Kier molecular flexibility index (Phi) is 2.99. The van der Waals surface area contributed by atoms with Gasteiger partial charge in [-0.25, -0.2) is 0 Å². The van der Waals surface area contributed by atoms with Crippen LogP contribution in [0.5, 0.6) is 5.75 Å². The molecule has 1 unspecified atom stereocenters. The van der Waals surface area contributed by atoms with Crippen molar-refractivity contribution in [3.8, 4) is 5.75 Å². The van der Waals surface area contributed by atoms with E-state index in [-0.39, 0.29) is 0 Å². The Morgan fingerprint density at radius 2 is 2.13 bits per heavy atom. The summed E-state index contributed by atoms with van der Waals surface area (Å²) in [5.74, 6) is 1.60. The predicted octanol–water partition coefficient (Wildman–Crippen LogP) is 2.56. The fraction of sp³-hybridized carbons (Fsp3) is 0.500. The normalized spacial score (nSPS) is 19.5. The van der Waals surface area contributed by atoms with Gasteiger partial charge in [0.05, 0.1) is 12.8 Å².